The van der Waals surface area contributed by atoms with Crippen molar-refractivity contribution >= 4 is 5.91 Å². The highest BCUT2D eigenvalue weighted by Gasteiger charge is 2.36. The van der Waals surface area contributed by atoms with Crippen LogP contribution in [0.25, 0.3) is 0 Å². The highest BCUT2D eigenvalue weighted by Crippen LogP contribution is 2.34. The average Bonchev–Trinajstić information content (AvgIpc) is 2.68. The number of rotatable bonds is 5. The first-order chi connectivity index (χ1) is 12.5. The third-order valence-electron chi connectivity index (χ3n) is 6.49. The molecule has 2 heterocycles. The fourth-order valence-corrected chi connectivity index (χ4v) is 4.50. The zero-order valence-electron chi connectivity index (χ0n) is 16.7. The van der Waals surface area contributed by atoms with Crippen molar-refractivity contribution in [3.05, 3.63) is 35.9 Å². The van der Waals surface area contributed by atoms with Gasteiger partial charge in [0.2, 0.25) is 5.91 Å². The number of hydrogen-bond acceptors (Lipinski definition) is 3. The molecule has 1 atom stereocenters. The molecule has 1 aromatic rings. The van der Waals surface area contributed by atoms with Crippen molar-refractivity contribution < 1.29 is 4.79 Å². The van der Waals surface area contributed by atoms with E-state index in [-0.39, 0.29) is 17.2 Å². The Morgan fingerprint density at radius 3 is 2.54 bits per heavy atom. The maximum atomic E-state index is 12.9. The van der Waals surface area contributed by atoms with Gasteiger partial charge in [0.25, 0.3) is 0 Å². The van der Waals surface area contributed by atoms with Crippen LogP contribution in [-0.2, 0) is 10.2 Å². The van der Waals surface area contributed by atoms with Gasteiger partial charge in [0.05, 0.1) is 5.92 Å². The van der Waals surface area contributed by atoms with Crippen molar-refractivity contribution in [3.8, 4) is 0 Å². The van der Waals surface area contributed by atoms with Crippen LogP contribution in [-0.4, -0.2) is 61.5 Å². The van der Waals surface area contributed by atoms with E-state index in [0.717, 1.165) is 58.4 Å². The van der Waals surface area contributed by atoms with Crippen molar-refractivity contribution in [2.24, 2.45) is 5.92 Å². The van der Waals surface area contributed by atoms with Crippen LogP contribution in [0.4, 0.5) is 0 Å². The molecule has 2 aliphatic rings. The normalized spacial score (nSPS) is 24.5. The van der Waals surface area contributed by atoms with Crippen molar-refractivity contribution in [1.29, 1.82) is 0 Å². The summed E-state index contributed by atoms with van der Waals surface area (Å²) in [6.07, 6.45) is 4.37. The van der Waals surface area contributed by atoms with Gasteiger partial charge in [0.15, 0.2) is 0 Å². The molecule has 0 radical (unpaired) electrons. The smallest absolute Gasteiger partial charge is 0.224 e. The van der Waals surface area contributed by atoms with Crippen molar-refractivity contribution in [1.82, 2.24) is 15.1 Å². The van der Waals surface area contributed by atoms with Gasteiger partial charge in [0, 0.05) is 24.5 Å². The topological polar surface area (TPSA) is 35.6 Å². The Balaban J connectivity index is 1.65. The van der Waals surface area contributed by atoms with Crippen LogP contribution < -0.4 is 5.32 Å². The molecule has 0 bridgehead atoms. The molecule has 0 saturated carbocycles. The lowest BCUT2D eigenvalue weighted by molar-refractivity contribution is -0.127. The van der Waals surface area contributed by atoms with E-state index in [9.17, 15) is 4.79 Å². The second kappa shape index (κ2) is 8.53. The Morgan fingerprint density at radius 1 is 1.19 bits per heavy atom. The minimum Gasteiger partial charge on any atom is -0.355 e. The molecule has 2 fully saturated rings. The second-order valence-electron chi connectivity index (χ2n) is 8.60. The largest absolute Gasteiger partial charge is 0.355 e. The predicted octanol–water partition coefficient (Wildman–Crippen LogP) is 2.89. The fourth-order valence-electron chi connectivity index (χ4n) is 4.50. The summed E-state index contributed by atoms with van der Waals surface area (Å²) in [6, 6.07) is 11.3. The van der Waals surface area contributed by atoms with E-state index >= 15 is 0 Å². The predicted molar refractivity (Wildman–Crippen MR) is 107 cm³/mol. The number of amides is 1. The molecule has 144 valence electrons. The molecule has 1 amide bonds. The van der Waals surface area contributed by atoms with Gasteiger partial charge in [-0.25, -0.2) is 0 Å². The molecular weight excluding hydrogens is 322 g/mol. The van der Waals surface area contributed by atoms with Gasteiger partial charge in [-0.1, -0.05) is 30.3 Å². The second-order valence-corrected chi connectivity index (χ2v) is 8.60. The van der Waals surface area contributed by atoms with Crippen LogP contribution in [0.15, 0.2) is 30.3 Å². The maximum Gasteiger partial charge on any atom is 0.224 e. The SMILES string of the molecule is CC(C)N1CCCC(C(=O)NCC2(c3ccccc3)CCN(C)CC2)C1. The molecule has 4 heteroatoms. The van der Waals surface area contributed by atoms with Crippen LogP contribution >= 0.6 is 0 Å². The third kappa shape index (κ3) is 4.47. The van der Waals surface area contributed by atoms with Crippen LogP contribution in [0, 0.1) is 5.92 Å². The van der Waals surface area contributed by atoms with E-state index in [4.69, 9.17) is 0 Å². The number of likely N-dealkylation sites (tertiary alicyclic amines) is 2. The number of hydrogen-bond donors (Lipinski definition) is 1. The summed E-state index contributed by atoms with van der Waals surface area (Å²) in [4.78, 5) is 17.7. The van der Waals surface area contributed by atoms with E-state index in [2.05, 4.69) is 66.3 Å². The van der Waals surface area contributed by atoms with Gasteiger partial charge >= 0.3 is 0 Å². The summed E-state index contributed by atoms with van der Waals surface area (Å²) < 4.78 is 0. The summed E-state index contributed by atoms with van der Waals surface area (Å²) in [5.74, 6) is 0.398. The summed E-state index contributed by atoms with van der Waals surface area (Å²) in [6.45, 7) is 9.44. The molecule has 0 aliphatic carbocycles. The molecule has 2 saturated heterocycles. The zero-order chi connectivity index (χ0) is 18.6. The van der Waals surface area contributed by atoms with Crippen LogP contribution in [0.1, 0.15) is 45.1 Å². The summed E-state index contributed by atoms with van der Waals surface area (Å²) in [7, 11) is 2.19. The molecule has 0 aromatic heterocycles. The molecule has 1 N–H and O–H groups in total. The molecular formula is C22H35N3O. The van der Waals surface area contributed by atoms with Gasteiger partial charge in [-0.15, -0.1) is 0 Å². The minimum atomic E-state index is 0.0792. The van der Waals surface area contributed by atoms with Crippen LogP contribution in [0.5, 0.6) is 0 Å². The Hall–Kier alpha value is -1.39. The first-order valence-electron chi connectivity index (χ1n) is 10.3. The number of carbonyl (C=O) groups is 1. The monoisotopic (exact) mass is 357 g/mol. The standard InChI is InChI=1S/C22H35N3O/c1-18(2)25-13-7-8-19(16-25)21(26)23-17-22(11-14-24(3)15-12-22)20-9-5-4-6-10-20/h4-6,9-10,18-19H,7-8,11-17H2,1-3H3,(H,23,26). The van der Waals surface area contributed by atoms with E-state index in [1.807, 2.05) is 0 Å². The quantitative estimate of drug-likeness (QED) is 0.880. The summed E-state index contributed by atoms with van der Waals surface area (Å²) in [5.41, 5.74) is 1.45. The first-order valence-corrected chi connectivity index (χ1v) is 10.3. The van der Waals surface area contributed by atoms with E-state index in [1.54, 1.807) is 0 Å². The Bertz CT molecular complexity index is 578. The highest BCUT2D eigenvalue weighted by atomic mass is 16.1. The Kier molecular flexibility index (Phi) is 6.36. The number of carbonyl (C=O) groups excluding carboxylic acids is 1. The molecule has 0 spiro atoms. The van der Waals surface area contributed by atoms with Gasteiger partial charge in [-0.2, -0.15) is 0 Å². The van der Waals surface area contributed by atoms with Gasteiger partial charge in [0.1, 0.15) is 0 Å². The third-order valence-corrected chi connectivity index (χ3v) is 6.49. The highest BCUT2D eigenvalue weighted by molar-refractivity contribution is 5.79. The molecule has 1 aromatic carbocycles. The van der Waals surface area contributed by atoms with Crippen molar-refractivity contribution in [2.45, 2.75) is 51.0 Å². The summed E-state index contributed by atoms with van der Waals surface area (Å²) in [5, 5.41) is 3.35. The Labute approximate surface area is 158 Å². The van der Waals surface area contributed by atoms with E-state index in [1.165, 1.54) is 5.56 Å². The van der Waals surface area contributed by atoms with Crippen molar-refractivity contribution in [3.63, 3.8) is 0 Å². The lowest BCUT2D eigenvalue weighted by atomic mass is 9.72. The number of benzene rings is 1. The molecule has 3 rings (SSSR count). The number of piperidine rings is 2. The van der Waals surface area contributed by atoms with Gasteiger partial charge < -0.3 is 15.1 Å². The van der Waals surface area contributed by atoms with Gasteiger partial charge in [-0.3, -0.25) is 4.79 Å². The molecule has 1 unspecified atom stereocenters. The number of nitrogens with one attached hydrogen (secondary N) is 1. The first kappa shape index (κ1) is 19.4. The van der Waals surface area contributed by atoms with Crippen LogP contribution in [0.3, 0.4) is 0 Å². The Morgan fingerprint density at radius 2 is 1.88 bits per heavy atom. The van der Waals surface area contributed by atoms with Crippen molar-refractivity contribution in [2.75, 3.05) is 39.8 Å². The average molecular weight is 358 g/mol. The van der Waals surface area contributed by atoms with E-state index < -0.39 is 0 Å². The lowest BCUT2D eigenvalue weighted by Gasteiger charge is -2.42. The molecule has 2 aliphatic heterocycles. The fraction of sp³-hybridized carbons (Fsp3) is 0.682. The van der Waals surface area contributed by atoms with Crippen LogP contribution in [0.2, 0.25) is 0 Å². The molecule has 26 heavy (non-hydrogen) atoms. The molecule has 4 nitrogen and oxygen atoms in total. The summed E-state index contributed by atoms with van der Waals surface area (Å²) >= 11 is 0. The van der Waals surface area contributed by atoms with E-state index in [0.29, 0.717) is 6.04 Å². The number of nitrogens with zero attached hydrogens (tertiary/aromatic N) is 2. The van der Waals surface area contributed by atoms with Gasteiger partial charge in [-0.05, 0) is 71.8 Å². The lowest BCUT2D eigenvalue weighted by Crippen LogP contribution is -2.51. The maximum absolute atomic E-state index is 12.9. The minimum absolute atomic E-state index is 0.0792. The zero-order valence-corrected chi connectivity index (χ0v) is 16.7.